The molecule has 1 fully saturated rings. The Balaban J connectivity index is 1.21. The smallest absolute Gasteiger partial charge is 0.273 e. The summed E-state index contributed by atoms with van der Waals surface area (Å²) in [6.45, 7) is 8.58. The summed E-state index contributed by atoms with van der Waals surface area (Å²) in [4.78, 5) is 36.9. The molecule has 10 heteroatoms. The van der Waals surface area contributed by atoms with Crippen LogP contribution >= 0.6 is 11.3 Å². The van der Waals surface area contributed by atoms with Gasteiger partial charge < -0.3 is 24.0 Å². The number of carbonyl (C=O) groups is 2. The van der Waals surface area contributed by atoms with Crippen molar-refractivity contribution in [3.63, 3.8) is 0 Å². The fourth-order valence-corrected chi connectivity index (χ4v) is 5.97. The van der Waals surface area contributed by atoms with E-state index in [0.29, 0.717) is 45.0 Å². The molecule has 42 heavy (non-hydrogen) atoms. The average molecular weight is 590 g/mol. The van der Waals surface area contributed by atoms with Crippen molar-refractivity contribution in [2.75, 3.05) is 44.2 Å². The maximum atomic E-state index is 14.3. The van der Waals surface area contributed by atoms with Crippen LogP contribution in [-0.4, -0.2) is 70.5 Å². The monoisotopic (exact) mass is 589 g/mol. The second-order valence-electron chi connectivity index (χ2n) is 10.1. The summed E-state index contributed by atoms with van der Waals surface area (Å²) in [6.07, 6.45) is 2.70. The topological polar surface area (TPSA) is 70.9 Å². The minimum Gasteiger partial charge on any atom is -0.492 e. The van der Waals surface area contributed by atoms with Gasteiger partial charge in [0.15, 0.2) is 0 Å². The molecule has 4 aromatic rings. The summed E-state index contributed by atoms with van der Waals surface area (Å²) in [5.41, 5.74) is 2.50. The molecule has 0 bridgehead atoms. The van der Waals surface area contributed by atoms with Crippen molar-refractivity contribution in [3.8, 4) is 5.75 Å². The number of carbonyl (C=O) groups excluding carboxylic acids is 2. The predicted molar refractivity (Wildman–Crippen MR) is 163 cm³/mol. The Morgan fingerprint density at radius 2 is 1.76 bits per heavy atom. The van der Waals surface area contributed by atoms with Crippen molar-refractivity contribution in [1.29, 1.82) is 0 Å². The first-order valence-corrected chi connectivity index (χ1v) is 15.2. The second-order valence-corrected chi connectivity index (χ2v) is 11.1. The van der Waals surface area contributed by atoms with Gasteiger partial charge in [0.05, 0.1) is 30.9 Å². The molecule has 3 heterocycles. The summed E-state index contributed by atoms with van der Waals surface area (Å²) in [5, 5.41) is 2.63. The molecule has 0 atom stereocenters. The maximum Gasteiger partial charge on any atom is 0.273 e. The summed E-state index contributed by atoms with van der Waals surface area (Å²) >= 11 is 1.45. The molecular formula is C32H36FN5O3S. The van der Waals surface area contributed by atoms with Crippen LogP contribution in [0.5, 0.6) is 5.75 Å². The lowest BCUT2D eigenvalue weighted by atomic mass is 10.1. The molecule has 2 aromatic heterocycles. The summed E-state index contributed by atoms with van der Waals surface area (Å²) in [5.74, 6) is -0.0442. The van der Waals surface area contributed by atoms with Crippen molar-refractivity contribution in [2.45, 2.75) is 33.4 Å². The van der Waals surface area contributed by atoms with Crippen LogP contribution in [0.3, 0.4) is 0 Å². The van der Waals surface area contributed by atoms with Gasteiger partial charge in [-0.2, -0.15) is 0 Å². The molecule has 0 unspecified atom stereocenters. The van der Waals surface area contributed by atoms with E-state index in [-0.39, 0.29) is 17.4 Å². The summed E-state index contributed by atoms with van der Waals surface area (Å²) < 4.78 is 22.1. The highest BCUT2D eigenvalue weighted by Gasteiger charge is 2.26. The molecule has 0 aliphatic carbocycles. The highest BCUT2D eigenvalue weighted by Crippen LogP contribution is 2.29. The fourth-order valence-electron chi connectivity index (χ4n) is 5.21. The number of piperazine rings is 1. The number of aromatic nitrogens is 2. The van der Waals surface area contributed by atoms with Gasteiger partial charge in [0, 0.05) is 50.0 Å². The normalized spacial score (nSPS) is 13.3. The molecular weight excluding hydrogens is 553 g/mol. The van der Waals surface area contributed by atoms with Crippen LogP contribution in [0, 0.1) is 5.82 Å². The number of halogens is 1. The number of rotatable bonds is 11. The van der Waals surface area contributed by atoms with Crippen LogP contribution in [0.2, 0.25) is 0 Å². The molecule has 0 N–H and O–H groups in total. The zero-order chi connectivity index (χ0) is 29.5. The van der Waals surface area contributed by atoms with Gasteiger partial charge in [-0.3, -0.25) is 9.59 Å². The van der Waals surface area contributed by atoms with Crippen LogP contribution in [0.15, 0.2) is 72.2 Å². The van der Waals surface area contributed by atoms with Crippen LogP contribution in [0.4, 0.5) is 10.1 Å². The summed E-state index contributed by atoms with van der Waals surface area (Å²) in [7, 11) is 0. The molecule has 8 nitrogen and oxygen atoms in total. The SMILES string of the molecule is CCCN(Cc1cccn1Cc1nc(C(=O)N2CCN(c3ccccc3OCC)CC2)cs1)C(=O)c1ccccc1F. The first-order chi connectivity index (χ1) is 20.5. The van der Waals surface area contributed by atoms with E-state index >= 15 is 0 Å². The van der Waals surface area contributed by atoms with Crippen LogP contribution in [0.1, 0.15) is 51.8 Å². The Morgan fingerprint density at radius 3 is 2.52 bits per heavy atom. The van der Waals surface area contributed by atoms with Gasteiger partial charge in [0.25, 0.3) is 11.8 Å². The van der Waals surface area contributed by atoms with E-state index in [1.807, 2.05) is 65.2 Å². The Kier molecular flexibility index (Phi) is 9.53. The average Bonchev–Trinajstić information content (AvgIpc) is 3.67. The van der Waals surface area contributed by atoms with Crippen molar-refractivity contribution in [1.82, 2.24) is 19.4 Å². The molecule has 1 saturated heterocycles. The number of para-hydroxylation sites is 2. The zero-order valence-electron chi connectivity index (χ0n) is 24.0. The number of nitrogens with zero attached hydrogens (tertiary/aromatic N) is 5. The molecule has 220 valence electrons. The quantitative estimate of drug-likeness (QED) is 0.230. The molecule has 1 aliphatic rings. The van der Waals surface area contributed by atoms with E-state index in [4.69, 9.17) is 4.74 Å². The van der Waals surface area contributed by atoms with Gasteiger partial charge in [-0.15, -0.1) is 11.3 Å². The van der Waals surface area contributed by atoms with E-state index in [1.165, 1.54) is 23.5 Å². The van der Waals surface area contributed by atoms with Crippen LogP contribution < -0.4 is 9.64 Å². The number of hydrogen-bond acceptors (Lipinski definition) is 6. The van der Waals surface area contributed by atoms with Crippen molar-refractivity contribution < 1.29 is 18.7 Å². The third-order valence-corrected chi connectivity index (χ3v) is 8.14. The van der Waals surface area contributed by atoms with Gasteiger partial charge in [0.1, 0.15) is 22.3 Å². The number of amides is 2. The zero-order valence-corrected chi connectivity index (χ0v) is 24.9. The number of hydrogen-bond donors (Lipinski definition) is 0. The van der Waals surface area contributed by atoms with Crippen LogP contribution in [0.25, 0.3) is 0 Å². The van der Waals surface area contributed by atoms with Gasteiger partial charge in [0.2, 0.25) is 0 Å². The van der Waals surface area contributed by atoms with Gasteiger partial charge in [-0.05, 0) is 49.7 Å². The molecule has 0 saturated carbocycles. The van der Waals surface area contributed by atoms with E-state index < -0.39 is 5.82 Å². The molecule has 2 aromatic carbocycles. The Bertz CT molecular complexity index is 1510. The van der Waals surface area contributed by atoms with E-state index in [1.54, 1.807) is 17.0 Å². The Labute approximate surface area is 250 Å². The van der Waals surface area contributed by atoms with Gasteiger partial charge in [-0.25, -0.2) is 9.37 Å². The molecule has 1 aliphatic heterocycles. The Hall–Kier alpha value is -4.18. The minimum absolute atomic E-state index is 0.0624. The van der Waals surface area contributed by atoms with E-state index in [9.17, 15) is 14.0 Å². The van der Waals surface area contributed by atoms with Gasteiger partial charge in [-0.1, -0.05) is 31.2 Å². The standard InChI is InChI=1S/C32H36FN5O3S/c1-3-15-38(31(39)25-11-5-6-12-26(25)33)21-24-10-9-16-37(24)22-30-34-27(23-42-30)32(40)36-19-17-35(18-20-36)28-13-7-8-14-29(28)41-4-2/h5-14,16,23H,3-4,15,17-22H2,1-2H3. The van der Waals surface area contributed by atoms with Crippen molar-refractivity contribution in [3.05, 3.63) is 100 Å². The van der Waals surface area contributed by atoms with Crippen LogP contribution in [-0.2, 0) is 13.1 Å². The molecule has 5 rings (SSSR count). The molecule has 0 spiro atoms. The minimum atomic E-state index is -0.518. The first-order valence-electron chi connectivity index (χ1n) is 14.4. The van der Waals surface area contributed by atoms with Crippen molar-refractivity contribution >= 4 is 28.8 Å². The molecule has 2 amide bonds. The van der Waals surface area contributed by atoms with E-state index in [0.717, 1.165) is 41.6 Å². The van der Waals surface area contributed by atoms with Crippen molar-refractivity contribution in [2.24, 2.45) is 0 Å². The number of ether oxygens (including phenoxy) is 1. The fraction of sp³-hybridized carbons (Fsp3) is 0.344. The number of thiazole rings is 1. The maximum absolute atomic E-state index is 14.3. The van der Waals surface area contributed by atoms with Gasteiger partial charge >= 0.3 is 0 Å². The predicted octanol–water partition coefficient (Wildman–Crippen LogP) is 5.55. The molecule has 0 radical (unpaired) electrons. The largest absolute Gasteiger partial charge is 0.492 e. The lowest BCUT2D eigenvalue weighted by Gasteiger charge is -2.36. The lowest BCUT2D eigenvalue weighted by Crippen LogP contribution is -2.49. The van der Waals surface area contributed by atoms with E-state index in [2.05, 4.69) is 16.0 Å². The summed E-state index contributed by atoms with van der Waals surface area (Å²) in [6, 6.07) is 18.0. The second kappa shape index (κ2) is 13.7. The highest BCUT2D eigenvalue weighted by atomic mass is 32.1. The lowest BCUT2D eigenvalue weighted by molar-refractivity contribution is 0.0729. The Morgan fingerprint density at radius 1 is 1.00 bits per heavy atom. The third-order valence-electron chi connectivity index (χ3n) is 7.31. The number of anilines is 1. The first kappa shape index (κ1) is 29.3. The third kappa shape index (κ3) is 6.65. The highest BCUT2D eigenvalue weighted by molar-refractivity contribution is 7.09. The number of benzene rings is 2.